The van der Waals surface area contributed by atoms with E-state index in [4.69, 9.17) is 14.2 Å². The molecule has 0 saturated heterocycles. The summed E-state index contributed by atoms with van der Waals surface area (Å²) in [6.07, 6.45) is -11.0. The fourth-order valence-corrected chi connectivity index (χ4v) is 10.2. The number of ether oxygens (including phenoxy) is 3. The molecule has 0 spiro atoms. The van der Waals surface area contributed by atoms with Gasteiger partial charge in [-0.05, 0) is 53.1 Å². The van der Waals surface area contributed by atoms with E-state index >= 15 is 0 Å². The number of aromatic hydroxyl groups is 15. The summed E-state index contributed by atoms with van der Waals surface area (Å²) in [7, 11) is 0. The van der Waals surface area contributed by atoms with Crippen molar-refractivity contribution in [1.29, 1.82) is 0 Å². The first-order valence-corrected chi connectivity index (χ1v) is 21.7. The first-order chi connectivity index (χ1) is 34.1. The molecule has 0 aliphatic carbocycles. The van der Waals surface area contributed by atoms with Gasteiger partial charge in [-0.1, -0.05) is 18.2 Å². The van der Waals surface area contributed by atoms with Gasteiger partial charge in [-0.2, -0.15) is 0 Å². The van der Waals surface area contributed by atoms with Crippen LogP contribution in [-0.4, -0.2) is 110 Å². The second-order valence-corrected chi connectivity index (χ2v) is 17.7. The average molecular weight is 991 g/mol. The van der Waals surface area contributed by atoms with Gasteiger partial charge in [0.25, 0.3) is 0 Å². The summed E-state index contributed by atoms with van der Waals surface area (Å²) >= 11 is 0. The number of rotatable bonds is 6. The molecule has 0 radical (unpaired) electrons. The molecule has 3 aliphatic heterocycles. The Bertz CT molecular complexity index is 3350. The first-order valence-electron chi connectivity index (χ1n) is 21.7. The topological polar surface area (TPSA) is 392 Å². The molecule has 3 aliphatic rings. The standard InChI is InChI=1S/C51H42O21/c52-19-10-27(60)35(28(61)11-19)41-38-30(63)14-31(64)39(51(38)72-50(45(41)67)18-3-6-23(56)26(59)9-18)43-40-34(71-49(47(43)69)17-2-5-22(55)25(58)8-17)15-32(65)37(44(40)66)42-36-29(62)12-20(53)13-33(36)70-48(46(42)68)16-1-4-21(54)24(57)7-16/h1-15,41-43,45-50,52-69H. The molecule has 9 unspecified atom stereocenters. The molecule has 21 nitrogen and oxygen atoms in total. The van der Waals surface area contributed by atoms with E-state index in [9.17, 15) is 91.9 Å². The van der Waals surface area contributed by atoms with E-state index in [0.29, 0.717) is 0 Å². The van der Waals surface area contributed by atoms with Gasteiger partial charge in [0.05, 0.1) is 17.8 Å². The fourth-order valence-electron chi connectivity index (χ4n) is 10.2. The maximum Gasteiger partial charge on any atom is 0.157 e. The zero-order valence-electron chi connectivity index (χ0n) is 36.6. The van der Waals surface area contributed by atoms with Crippen molar-refractivity contribution in [2.45, 2.75) is 54.4 Å². The Morgan fingerprint density at radius 2 is 0.625 bits per heavy atom. The van der Waals surface area contributed by atoms with Crippen LogP contribution in [0.3, 0.4) is 0 Å². The Morgan fingerprint density at radius 1 is 0.278 bits per heavy atom. The largest absolute Gasteiger partial charge is 0.508 e. The van der Waals surface area contributed by atoms with E-state index in [1.807, 2.05) is 0 Å². The Labute approximate surface area is 404 Å². The Hall–Kier alpha value is -9.18. The van der Waals surface area contributed by atoms with Crippen molar-refractivity contribution in [2.75, 3.05) is 0 Å². The zero-order chi connectivity index (χ0) is 51.5. The van der Waals surface area contributed by atoms with Crippen LogP contribution in [0.15, 0.2) is 91.0 Å². The van der Waals surface area contributed by atoms with Gasteiger partial charge < -0.3 is 106 Å². The van der Waals surface area contributed by atoms with Crippen molar-refractivity contribution in [3.8, 4) is 103 Å². The predicted molar refractivity (Wildman–Crippen MR) is 244 cm³/mol. The van der Waals surface area contributed by atoms with E-state index in [0.717, 1.165) is 72.8 Å². The highest BCUT2D eigenvalue weighted by atomic mass is 16.5. The zero-order valence-corrected chi connectivity index (χ0v) is 36.6. The fraction of sp³-hybridized carbons (Fsp3) is 0.176. The predicted octanol–water partition coefficient (Wildman–Crippen LogP) is 5.15. The third-order valence-electron chi connectivity index (χ3n) is 13.4. The third kappa shape index (κ3) is 7.20. The lowest BCUT2D eigenvalue weighted by Gasteiger charge is -2.43. The van der Waals surface area contributed by atoms with Gasteiger partial charge >= 0.3 is 0 Å². The molecule has 0 amide bonds. The van der Waals surface area contributed by atoms with Crippen LogP contribution < -0.4 is 14.2 Å². The van der Waals surface area contributed by atoms with Gasteiger partial charge in [0.2, 0.25) is 0 Å². The second-order valence-electron chi connectivity index (χ2n) is 17.7. The minimum absolute atomic E-state index is 0.0154. The summed E-state index contributed by atoms with van der Waals surface area (Å²) in [5, 5.41) is 203. The number of aliphatic hydroxyl groups is 3. The molecule has 3 heterocycles. The van der Waals surface area contributed by atoms with Crippen LogP contribution in [0.2, 0.25) is 0 Å². The van der Waals surface area contributed by atoms with Crippen LogP contribution in [0.4, 0.5) is 0 Å². The Kier molecular flexibility index (Phi) is 10.8. The number of benzene rings is 7. The van der Waals surface area contributed by atoms with Gasteiger partial charge in [0.15, 0.2) is 52.8 Å². The van der Waals surface area contributed by atoms with Crippen molar-refractivity contribution in [2.24, 2.45) is 0 Å². The monoisotopic (exact) mass is 990 g/mol. The van der Waals surface area contributed by atoms with Crippen LogP contribution in [0.1, 0.15) is 86.1 Å². The lowest BCUT2D eigenvalue weighted by molar-refractivity contribution is -0.00411. The highest BCUT2D eigenvalue weighted by Gasteiger charge is 2.52. The normalized spacial score (nSPS) is 23.1. The van der Waals surface area contributed by atoms with E-state index in [2.05, 4.69) is 0 Å². The number of hydrogen-bond donors (Lipinski definition) is 18. The summed E-state index contributed by atoms with van der Waals surface area (Å²) in [6, 6.07) is 15.2. The first kappa shape index (κ1) is 46.5. The molecule has 21 heteroatoms. The molecule has 0 bridgehead atoms. The number of aliphatic hydroxyl groups excluding tert-OH is 3. The molecule has 9 atom stereocenters. The SMILES string of the molecule is Oc1cc(O)c(C2c3c(O)cc(O)c(C4c5c(cc(O)c(C6c7c(O)cc(O)cc7OC(c7ccc(O)c(O)c7)C6O)c5O)OC(c5ccc(O)c(O)c5)C4O)c3OC(c3ccc(O)c(O)c3)C2O)c(O)c1. The molecule has 7 aromatic carbocycles. The molecule has 0 saturated carbocycles. The molecule has 18 N–H and O–H groups in total. The van der Waals surface area contributed by atoms with Crippen LogP contribution in [0.25, 0.3) is 0 Å². The molecule has 10 rings (SSSR count). The number of phenols is 15. The molecule has 0 aromatic heterocycles. The van der Waals surface area contributed by atoms with Crippen molar-refractivity contribution >= 4 is 0 Å². The van der Waals surface area contributed by atoms with Crippen LogP contribution in [0, 0.1) is 0 Å². The van der Waals surface area contributed by atoms with E-state index in [1.165, 1.54) is 18.2 Å². The van der Waals surface area contributed by atoms with Crippen LogP contribution >= 0.6 is 0 Å². The summed E-state index contributed by atoms with van der Waals surface area (Å²) in [5.74, 6) is -17.7. The summed E-state index contributed by atoms with van der Waals surface area (Å²) in [4.78, 5) is 0. The van der Waals surface area contributed by atoms with Crippen LogP contribution in [-0.2, 0) is 0 Å². The summed E-state index contributed by atoms with van der Waals surface area (Å²) in [6.45, 7) is 0. The van der Waals surface area contributed by atoms with Crippen molar-refractivity contribution in [3.63, 3.8) is 0 Å². The third-order valence-corrected chi connectivity index (χ3v) is 13.4. The Balaban J connectivity index is 1.26. The lowest BCUT2D eigenvalue weighted by Crippen LogP contribution is -2.39. The van der Waals surface area contributed by atoms with Gasteiger partial charge in [-0.25, -0.2) is 0 Å². The molecule has 72 heavy (non-hydrogen) atoms. The van der Waals surface area contributed by atoms with Crippen molar-refractivity contribution < 1.29 is 106 Å². The maximum atomic E-state index is 12.9. The number of hydrogen-bond acceptors (Lipinski definition) is 21. The number of fused-ring (bicyclic) bond motifs is 3. The van der Waals surface area contributed by atoms with Gasteiger partial charge in [0, 0.05) is 69.8 Å². The van der Waals surface area contributed by atoms with Gasteiger partial charge in [-0.15, -0.1) is 0 Å². The highest BCUT2D eigenvalue weighted by molar-refractivity contribution is 5.72. The number of phenolic OH excluding ortho intramolecular Hbond substituents is 15. The quantitative estimate of drug-likeness (QED) is 0.0958. The molecule has 372 valence electrons. The summed E-state index contributed by atoms with van der Waals surface area (Å²) < 4.78 is 18.8. The highest BCUT2D eigenvalue weighted by Crippen LogP contribution is 2.64. The maximum absolute atomic E-state index is 12.9. The van der Waals surface area contributed by atoms with Gasteiger partial charge in [0.1, 0.15) is 87.3 Å². The lowest BCUT2D eigenvalue weighted by atomic mass is 9.72. The molecule has 0 fully saturated rings. The average Bonchev–Trinajstić information content (AvgIpc) is 3.30. The van der Waals surface area contributed by atoms with E-state index in [1.54, 1.807) is 0 Å². The Morgan fingerprint density at radius 3 is 1.07 bits per heavy atom. The van der Waals surface area contributed by atoms with Crippen molar-refractivity contribution in [1.82, 2.24) is 0 Å². The van der Waals surface area contributed by atoms with E-state index in [-0.39, 0.29) is 28.0 Å². The second kappa shape index (κ2) is 16.8. The van der Waals surface area contributed by atoms with Crippen LogP contribution in [0.5, 0.6) is 103 Å². The summed E-state index contributed by atoms with van der Waals surface area (Å²) in [5.41, 5.74) is -3.07. The smallest absolute Gasteiger partial charge is 0.157 e. The minimum Gasteiger partial charge on any atom is -0.508 e. The van der Waals surface area contributed by atoms with E-state index < -0.39 is 180 Å². The van der Waals surface area contributed by atoms with Crippen molar-refractivity contribution in [3.05, 3.63) is 141 Å². The molecular formula is C51H42O21. The molecular weight excluding hydrogens is 949 g/mol. The van der Waals surface area contributed by atoms with Gasteiger partial charge in [-0.3, -0.25) is 0 Å². The molecule has 7 aromatic rings. The minimum atomic E-state index is -2.09.